The number of halogens is 2. The molecular formula is C26H24BrClN2O6S. The van der Waals surface area contributed by atoms with Gasteiger partial charge in [-0.3, -0.25) is 9.36 Å². The first-order valence-electron chi connectivity index (χ1n) is 11.2. The van der Waals surface area contributed by atoms with Crippen molar-refractivity contribution in [2.75, 3.05) is 27.9 Å². The Balaban J connectivity index is 1.99. The molecule has 0 radical (unpaired) electrons. The van der Waals surface area contributed by atoms with Crippen molar-refractivity contribution in [1.29, 1.82) is 0 Å². The number of hydrogen-bond donors (Lipinski definition) is 0. The molecule has 1 aliphatic rings. The molecule has 194 valence electrons. The van der Waals surface area contributed by atoms with Crippen LogP contribution in [0.2, 0.25) is 5.02 Å². The van der Waals surface area contributed by atoms with Gasteiger partial charge in [0, 0.05) is 10.6 Å². The van der Waals surface area contributed by atoms with Crippen LogP contribution in [0.25, 0.3) is 6.08 Å². The summed E-state index contributed by atoms with van der Waals surface area (Å²) in [6, 6.07) is 7.84. The minimum Gasteiger partial charge on any atom is -0.496 e. The maximum Gasteiger partial charge on any atom is 0.338 e. The predicted octanol–water partition coefficient (Wildman–Crippen LogP) is 4.24. The van der Waals surface area contributed by atoms with Gasteiger partial charge >= 0.3 is 5.97 Å². The maximum absolute atomic E-state index is 13.8. The Morgan fingerprint density at radius 3 is 2.59 bits per heavy atom. The smallest absolute Gasteiger partial charge is 0.338 e. The van der Waals surface area contributed by atoms with Crippen LogP contribution in [-0.2, 0) is 9.53 Å². The Morgan fingerprint density at radius 1 is 1.19 bits per heavy atom. The first-order chi connectivity index (χ1) is 17.7. The minimum atomic E-state index is -0.846. The monoisotopic (exact) mass is 606 g/mol. The second-order valence-corrected chi connectivity index (χ2v) is 10.2. The van der Waals surface area contributed by atoms with Crippen LogP contribution in [0.1, 0.15) is 31.0 Å². The summed E-state index contributed by atoms with van der Waals surface area (Å²) in [6.07, 6.45) is 1.75. The highest BCUT2D eigenvalue weighted by Crippen LogP contribution is 2.38. The first kappa shape index (κ1) is 27.0. The fourth-order valence-electron chi connectivity index (χ4n) is 4.19. The lowest BCUT2D eigenvalue weighted by molar-refractivity contribution is -0.136. The molecule has 0 N–H and O–H groups in total. The molecule has 4 rings (SSSR count). The number of methoxy groups -OCH3 is 3. The lowest BCUT2D eigenvalue weighted by Crippen LogP contribution is -2.40. The maximum atomic E-state index is 13.8. The van der Waals surface area contributed by atoms with Crippen molar-refractivity contribution in [1.82, 2.24) is 4.57 Å². The van der Waals surface area contributed by atoms with Crippen molar-refractivity contribution < 1.29 is 23.7 Å². The highest BCUT2D eigenvalue weighted by molar-refractivity contribution is 9.10. The molecule has 11 heteroatoms. The zero-order valence-electron chi connectivity index (χ0n) is 20.8. The van der Waals surface area contributed by atoms with Gasteiger partial charge in [-0.2, -0.15) is 0 Å². The fraction of sp³-hybridized carbons (Fsp3) is 0.269. The van der Waals surface area contributed by atoms with E-state index in [0.717, 1.165) is 5.56 Å². The van der Waals surface area contributed by atoms with E-state index in [1.165, 1.54) is 30.1 Å². The van der Waals surface area contributed by atoms with E-state index in [-0.39, 0.29) is 11.1 Å². The van der Waals surface area contributed by atoms with Crippen LogP contribution in [0.5, 0.6) is 17.2 Å². The molecule has 0 fully saturated rings. The number of ether oxygens (including phenoxy) is 4. The van der Waals surface area contributed by atoms with Crippen molar-refractivity contribution in [3.8, 4) is 17.2 Å². The minimum absolute atomic E-state index is 0.229. The van der Waals surface area contributed by atoms with Gasteiger partial charge in [-0.1, -0.05) is 22.9 Å². The number of thiazole rings is 1. The zero-order chi connectivity index (χ0) is 26.9. The van der Waals surface area contributed by atoms with Gasteiger partial charge in [0.25, 0.3) is 5.56 Å². The van der Waals surface area contributed by atoms with Crippen molar-refractivity contribution in [3.05, 3.63) is 81.9 Å². The molecule has 0 saturated carbocycles. The molecule has 3 aromatic rings. The summed E-state index contributed by atoms with van der Waals surface area (Å²) < 4.78 is 24.4. The molecule has 37 heavy (non-hydrogen) atoms. The number of hydrogen-bond acceptors (Lipinski definition) is 8. The highest BCUT2D eigenvalue weighted by Gasteiger charge is 2.35. The average molecular weight is 608 g/mol. The number of allylic oxidation sites excluding steroid dienone is 1. The number of carbonyl (C=O) groups excluding carboxylic acids is 1. The van der Waals surface area contributed by atoms with E-state index in [4.69, 9.17) is 30.5 Å². The summed E-state index contributed by atoms with van der Waals surface area (Å²) in [6.45, 7) is 4.04. The summed E-state index contributed by atoms with van der Waals surface area (Å²) >= 11 is 11.0. The molecule has 0 aliphatic carbocycles. The Hall–Kier alpha value is -3.08. The quantitative estimate of drug-likeness (QED) is 0.374. The number of nitrogens with zero attached hydrogens (tertiary/aromatic N) is 2. The molecule has 2 heterocycles. The molecule has 0 amide bonds. The van der Waals surface area contributed by atoms with Gasteiger partial charge in [-0.15, -0.1) is 0 Å². The van der Waals surface area contributed by atoms with Crippen molar-refractivity contribution in [2.24, 2.45) is 4.99 Å². The number of carbonyl (C=O) groups is 1. The number of fused-ring (bicyclic) bond motifs is 1. The second-order valence-electron chi connectivity index (χ2n) is 7.93. The molecule has 0 saturated heterocycles. The average Bonchev–Trinajstić information content (AvgIpc) is 3.17. The topological polar surface area (TPSA) is 88.4 Å². The predicted molar refractivity (Wildman–Crippen MR) is 146 cm³/mol. The summed E-state index contributed by atoms with van der Waals surface area (Å²) in [7, 11) is 4.37. The molecule has 0 spiro atoms. The van der Waals surface area contributed by atoms with Crippen LogP contribution in [-0.4, -0.2) is 38.5 Å². The van der Waals surface area contributed by atoms with Crippen LogP contribution in [0.15, 0.2) is 55.9 Å². The molecular weight excluding hydrogens is 584 g/mol. The summed E-state index contributed by atoms with van der Waals surface area (Å²) in [5.41, 5.74) is 1.62. The summed E-state index contributed by atoms with van der Waals surface area (Å²) in [5, 5.41) is 0.434. The lowest BCUT2D eigenvalue weighted by atomic mass is 9.95. The Bertz CT molecular complexity index is 1590. The van der Waals surface area contributed by atoms with Gasteiger partial charge in [-0.25, -0.2) is 9.79 Å². The van der Waals surface area contributed by atoms with Crippen LogP contribution < -0.4 is 29.1 Å². The summed E-state index contributed by atoms with van der Waals surface area (Å²) in [5.74, 6) is 0.985. The van der Waals surface area contributed by atoms with Gasteiger partial charge < -0.3 is 18.9 Å². The Labute approximate surface area is 230 Å². The van der Waals surface area contributed by atoms with Crippen molar-refractivity contribution in [2.45, 2.75) is 19.9 Å². The molecule has 1 aliphatic heterocycles. The molecule has 8 nitrogen and oxygen atoms in total. The molecule has 0 bridgehead atoms. The summed E-state index contributed by atoms with van der Waals surface area (Å²) in [4.78, 5) is 31.7. The molecule has 1 atom stereocenters. The van der Waals surface area contributed by atoms with Crippen molar-refractivity contribution in [3.63, 3.8) is 0 Å². The van der Waals surface area contributed by atoms with Crippen LogP contribution in [0, 0.1) is 0 Å². The SMILES string of the molecule is CCOc1cc(/C=c2\sc3n(c2=O)[C@@H](c2cc(Cl)ccc2OC)C(C(=O)OC)=C(C)N=3)cc(Br)c1OC. The standard InChI is InChI=1S/C26H24BrClN2O6S/c1-6-36-19-10-14(9-17(27)23(19)34-4)11-20-24(31)30-22(16-12-15(28)7-8-18(16)33-3)21(25(32)35-5)13(2)29-26(30)37-20/h7-12,22H,6H2,1-5H3/b20-11-/t22-/m0/s1. The van der Waals surface area contributed by atoms with Gasteiger partial charge in [0.2, 0.25) is 0 Å². The van der Waals surface area contributed by atoms with Crippen LogP contribution >= 0.6 is 38.9 Å². The van der Waals surface area contributed by atoms with Gasteiger partial charge in [0.1, 0.15) is 11.8 Å². The third-order valence-corrected chi connectivity index (χ3v) is 7.55. The van der Waals surface area contributed by atoms with E-state index in [1.54, 1.807) is 44.4 Å². The normalized spacial score (nSPS) is 15.2. The molecule has 0 unspecified atom stereocenters. The molecule has 1 aromatic heterocycles. The fourth-order valence-corrected chi connectivity index (χ4v) is 6.04. The largest absolute Gasteiger partial charge is 0.496 e. The second kappa shape index (κ2) is 11.1. The van der Waals surface area contributed by atoms with E-state index in [2.05, 4.69) is 20.9 Å². The van der Waals surface area contributed by atoms with E-state index in [1.807, 2.05) is 13.0 Å². The first-order valence-corrected chi connectivity index (χ1v) is 13.2. The van der Waals surface area contributed by atoms with Gasteiger partial charge in [0.15, 0.2) is 16.3 Å². The van der Waals surface area contributed by atoms with E-state index in [0.29, 0.717) is 53.9 Å². The third-order valence-electron chi connectivity index (χ3n) is 5.75. The number of aromatic nitrogens is 1. The lowest BCUT2D eigenvalue weighted by Gasteiger charge is -2.25. The Kier molecular flexibility index (Phi) is 8.11. The highest BCUT2D eigenvalue weighted by atomic mass is 79.9. The third kappa shape index (κ3) is 5.05. The van der Waals surface area contributed by atoms with E-state index in [9.17, 15) is 9.59 Å². The van der Waals surface area contributed by atoms with Crippen LogP contribution in [0.4, 0.5) is 0 Å². The van der Waals surface area contributed by atoms with Gasteiger partial charge in [0.05, 0.1) is 48.2 Å². The van der Waals surface area contributed by atoms with E-state index >= 15 is 0 Å². The van der Waals surface area contributed by atoms with Crippen molar-refractivity contribution >= 4 is 50.9 Å². The van der Waals surface area contributed by atoms with E-state index < -0.39 is 12.0 Å². The number of benzene rings is 2. The Morgan fingerprint density at radius 2 is 1.95 bits per heavy atom. The number of rotatable bonds is 7. The van der Waals surface area contributed by atoms with Gasteiger partial charge in [-0.05, 0) is 71.7 Å². The molecule has 2 aromatic carbocycles. The zero-order valence-corrected chi connectivity index (χ0v) is 23.9. The van der Waals surface area contributed by atoms with Crippen LogP contribution in [0.3, 0.4) is 0 Å². The number of esters is 1.